The Morgan fingerprint density at radius 3 is 2.61 bits per heavy atom. The summed E-state index contributed by atoms with van der Waals surface area (Å²) in [5.74, 6) is -0.409. The summed E-state index contributed by atoms with van der Waals surface area (Å²) in [5, 5.41) is 2.69. The van der Waals surface area contributed by atoms with Crippen molar-refractivity contribution in [2.45, 2.75) is 4.90 Å². The Hall–Kier alpha value is -1.31. The Balaban J connectivity index is 3.09. The molecule has 0 atom stereocenters. The number of nitrogens with two attached hydrogens (primary N) is 1. The first-order chi connectivity index (χ1) is 8.28. The number of halogens is 1. The van der Waals surface area contributed by atoms with Crippen LogP contribution in [0.3, 0.4) is 0 Å². The van der Waals surface area contributed by atoms with Crippen LogP contribution in [0, 0.1) is 0 Å². The molecule has 0 spiro atoms. The average molecular weight is 292 g/mol. The van der Waals surface area contributed by atoms with Gasteiger partial charge in [0.15, 0.2) is 0 Å². The Bertz CT molecular complexity index is 559. The molecule has 0 fully saturated rings. The van der Waals surface area contributed by atoms with Gasteiger partial charge in [-0.05, 0) is 18.2 Å². The minimum absolute atomic E-state index is 0.0475. The normalized spacial score (nSPS) is 11.6. The molecule has 0 aliphatic heterocycles. The summed E-state index contributed by atoms with van der Waals surface area (Å²) in [5.41, 5.74) is 5.67. The molecule has 0 saturated heterocycles. The number of likely N-dealkylation sites (N-methyl/N-ethyl adjacent to an activating group) is 2. The second kappa shape index (κ2) is 5.55. The van der Waals surface area contributed by atoms with Gasteiger partial charge in [0.1, 0.15) is 4.90 Å². The summed E-state index contributed by atoms with van der Waals surface area (Å²) in [4.78, 5) is 11.1. The molecule has 0 aliphatic carbocycles. The van der Waals surface area contributed by atoms with Crippen molar-refractivity contribution < 1.29 is 13.2 Å². The molecule has 0 aliphatic rings. The van der Waals surface area contributed by atoms with Gasteiger partial charge in [0.05, 0.1) is 12.2 Å². The zero-order chi connectivity index (χ0) is 13.9. The molecule has 0 radical (unpaired) electrons. The SMILES string of the molecule is CNC(=O)CN(C)S(=O)(=O)c1ccc(Cl)cc1N. The van der Waals surface area contributed by atoms with E-state index in [-0.39, 0.29) is 17.1 Å². The number of rotatable bonds is 4. The highest BCUT2D eigenvalue weighted by Gasteiger charge is 2.24. The first-order valence-corrected chi connectivity index (χ1v) is 6.82. The van der Waals surface area contributed by atoms with Gasteiger partial charge in [-0.3, -0.25) is 4.79 Å². The van der Waals surface area contributed by atoms with Gasteiger partial charge < -0.3 is 11.1 Å². The maximum absolute atomic E-state index is 12.1. The monoisotopic (exact) mass is 291 g/mol. The third-order valence-electron chi connectivity index (χ3n) is 2.31. The van der Waals surface area contributed by atoms with Crippen LogP contribution in [-0.2, 0) is 14.8 Å². The van der Waals surface area contributed by atoms with E-state index in [1.165, 1.54) is 32.3 Å². The fourth-order valence-electron chi connectivity index (χ4n) is 1.29. The maximum Gasteiger partial charge on any atom is 0.245 e. The standard InChI is InChI=1S/C10H14ClN3O3S/c1-13-10(15)6-14(2)18(16,17)9-4-3-7(11)5-8(9)12/h3-5H,6,12H2,1-2H3,(H,13,15). The fraction of sp³-hybridized carbons (Fsp3) is 0.300. The van der Waals surface area contributed by atoms with Crippen LogP contribution in [0.1, 0.15) is 0 Å². The lowest BCUT2D eigenvalue weighted by atomic mass is 10.3. The van der Waals surface area contributed by atoms with E-state index >= 15 is 0 Å². The molecule has 18 heavy (non-hydrogen) atoms. The molecule has 8 heteroatoms. The number of amides is 1. The van der Waals surface area contributed by atoms with Crippen LogP contribution in [0.2, 0.25) is 5.02 Å². The van der Waals surface area contributed by atoms with E-state index in [2.05, 4.69) is 5.32 Å². The van der Waals surface area contributed by atoms with Crippen LogP contribution in [0.15, 0.2) is 23.1 Å². The zero-order valence-corrected chi connectivity index (χ0v) is 11.5. The van der Waals surface area contributed by atoms with E-state index in [9.17, 15) is 13.2 Å². The minimum atomic E-state index is -3.80. The maximum atomic E-state index is 12.1. The van der Waals surface area contributed by atoms with Crippen LogP contribution in [0.25, 0.3) is 0 Å². The highest BCUT2D eigenvalue weighted by molar-refractivity contribution is 7.89. The number of benzene rings is 1. The first-order valence-electron chi connectivity index (χ1n) is 5.01. The minimum Gasteiger partial charge on any atom is -0.398 e. The van der Waals surface area contributed by atoms with Crippen molar-refractivity contribution in [2.75, 3.05) is 26.4 Å². The molecule has 1 amide bonds. The summed E-state index contributed by atoms with van der Waals surface area (Å²) in [6, 6.07) is 4.09. The number of nitrogens with one attached hydrogen (secondary N) is 1. The van der Waals surface area contributed by atoms with Gasteiger partial charge in [-0.25, -0.2) is 8.42 Å². The van der Waals surface area contributed by atoms with Crippen LogP contribution in [0.4, 0.5) is 5.69 Å². The van der Waals surface area contributed by atoms with Gasteiger partial charge in [-0.2, -0.15) is 4.31 Å². The Morgan fingerprint density at radius 1 is 1.50 bits per heavy atom. The zero-order valence-electron chi connectivity index (χ0n) is 9.97. The lowest BCUT2D eigenvalue weighted by Crippen LogP contribution is -2.37. The first kappa shape index (κ1) is 14.7. The molecular weight excluding hydrogens is 278 g/mol. The summed E-state index contributed by atoms with van der Waals surface area (Å²) < 4.78 is 25.2. The number of carbonyl (C=O) groups excluding carboxylic acids is 1. The fourth-order valence-corrected chi connectivity index (χ4v) is 2.69. The van der Waals surface area contributed by atoms with E-state index in [4.69, 9.17) is 17.3 Å². The average Bonchev–Trinajstić information content (AvgIpc) is 2.28. The number of hydrogen-bond donors (Lipinski definition) is 2. The summed E-state index contributed by atoms with van der Waals surface area (Å²) >= 11 is 5.70. The third kappa shape index (κ3) is 3.12. The van der Waals surface area contributed by atoms with Crippen LogP contribution in [0.5, 0.6) is 0 Å². The van der Waals surface area contributed by atoms with Crippen molar-refractivity contribution in [2.24, 2.45) is 0 Å². The van der Waals surface area contributed by atoms with E-state index < -0.39 is 15.9 Å². The molecule has 0 unspecified atom stereocenters. The molecule has 1 rings (SSSR count). The number of anilines is 1. The topological polar surface area (TPSA) is 92.5 Å². The van der Waals surface area contributed by atoms with Crippen molar-refractivity contribution in [3.05, 3.63) is 23.2 Å². The number of hydrogen-bond acceptors (Lipinski definition) is 4. The molecule has 6 nitrogen and oxygen atoms in total. The Labute approximate surface area is 111 Å². The van der Waals surface area contributed by atoms with Crippen molar-refractivity contribution >= 4 is 33.2 Å². The van der Waals surface area contributed by atoms with Crippen LogP contribution < -0.4 is 11.1 Å². The quantitative estimate of drug-likeness (QED) is 0.780. The van der Waals surface area contributed by atoms with Crippen molar-refractivity contribution in [3.63, 3.8) is 0 Å². The Morgan fingerprint density at radius 2 is 2.11 bits per heavy atom. The van der Waals surface area contributed by atoms with Crippen molar-refractivity contribution in [1.29, 1.82) is 0 Å². The largest absolute Gasteiger partial charge is 0.398 e. The van der Waals surface area contributed by atoms with Gasteiger partial charge in [0.2, 0.25) is 15.9 Å². The van der Waals surface area contributed by atoms with Gasteiger partial charge in [0.25, 0.3) is 0 Å². The van der Waals surface area contributed by atoms with Crippen molar-refractivity contribution in [3.8, 4) is 0 Å². The highest BCUT2D eigenvalue weighted by atomic mass is 35.5. The van der Waals surface area contributed by atoms with E-state index in [0.717, 1.165) is 4.31 Å². The highest BCUT2D eigenvalue weighted by Crippen LogP contribution is 2.24. The predicted molar refractivity (Wildman–Crippen MR) is 69.7 cm³/mol. The van der Waals surface area contributed by atoms with Gasteiger partial charge in [-0.15, -0.1) is 0 Å². The molecule has 100 valence electrons. The van der Waals surface area contributed by atoms with Crippen LogP contribution >= 0.6 is 11.6 Å². The van der Waals surface area contributed by atoms with Gasteiger partial charge in [0, 0.05) is 19.1 Å². The number of carbonyl (C=O) groups is 1. The molecule has 3 N–H and O–H groups in total. The molecule has 0 heterocycles. The predicted octanol–water partition coefficient (Wildman–Crippen LogP) is 0.289. The molecule has 1 aromatic carbocycles. The second-order valence-electron chi connectivity index (χ2n) is 3.62. The van der Waals surface area contributed by atoms with Gasteiger partial charge in [-0.1, -0.05) is 11.6 Å². The van der Waals surface area contributed by atoms with E-state index in [0.29, 0.717) is 5.02 Å². The third-order valence-corrected chi connectivity index (χ3v) is 4.42. The molecule has 0 bridgehead atoms. The molecule has 0 aromatic heterocycles. The second-order valence-corrected chi connectivity index (χ2v) is 6.07. The summed E-state index contributed by atoms with van der Waals surface area (Å²) in [7, 11) is -1.07. The van der Waals surface area contributed by atoms with Gasteiger partial charge >= 0.3 is 0 Å². The van der Waals surface area contributed by atoms with Crippen LogP contribution in [-0.4, -0.2) is 39.3 Å². The number of sulfonamides is 1. The number of nitrogens with zero attached hydrogens (tertiary/aromatic N) is 1. The lowest BCUT2D eigenvalue weighted by molar-refractivity contribution is -0.120. The smallest absolute Gasteiger partial charge is 0.245 e. The Kier molecular flexibility index (Phi) is 4.55. The molecule has 1 aromatic rings. The summed E-state index contributed by atoms with van der Waals surface area (Å²) in [6.45, 7) is -0.277. The number of nitrogen functional groups attached to an aromatic ring is 1. The molecule has 0 saturated carbocycles. The molecular formula is C10H14ClN3O3S. The van der Waals surface area contributed by atoms with E-state index in [1.807, 2.05) is 0 Å². The van der Waals surface area contributed by atoms with Crippen molar-refractivity contribution in [1.82, 2.24) is 9.62 Å². The summed E-state index contributed by atoms with van der Waals surface area (Å²) in [6.07, 6.45) is 0. The van der Waals surface area contributed by atoms with E-state index in [1.54, 1.807) is 0 Å². The lowest BCUT2D eigenvalue weighted by Gasteiger charge is -2.17.